The Morgan fingerprint density at radius 2 is 2.06 bits per heavy atom. The molecule has 0 aromatic heterocycles. The van der Waals surface area contributed by atoms with Crippen molar-refractivity contribution >= 4 is 5.91 Å². The minimum atomic E-state index is -0.254. The van der Waals surface area contributed by atoms with Gasteiger partial charge < -0.3 is 10.4 Å². The largest absolute Gasteiger partial charge is 0.394 e. The van der Waals surface area contributed by atoms with E-state index in [0.717, 1.165) is 38.0 Å². The van der Waals surface area contributed by atoms with Crippen molar-refractivity contribution in [1.82, 2.24) is 10.6 Å². The molecule has 1 aliphatic carbocycles. The molecule has 1 unspecified atom stereocenters. The number of hydrogen-bond acceptors (Lipinski definition) is 3. The highest BCUT2D eigenvalue weighted by Gasteiger charge is 2.35. The highest BCUT2D eigenvalue weighted by atomic mass is 16.3. The highest BCUT2D eigenvalue weighted by Crippen LogP contribution is 2.31. The zero-order chi connectivity index (χ0) is 13.6. The van der Waals surface area contributed by atoms with E-state index in [0.29, 0.717) is 6.54 Å². The van der Waals surface area contributed by atoms with E-state index in [9.17, 15) is 9.90 Å². The first kappa shape index (κ1) is 15.4. The number of aliphatic hydroxyl groups is 1. The van der Waals surface area contributed by atoms with Gasteiger partial charge in [0, 0.05) is 12.1 Å². The summed E-state index contributed by atoms with van der Waals surface area (Å²) in [5.41, 5.74) is -0.254. The molecule has 0 saturated heterocycles. The number of rotatable bonds is 6. The molecular formula is C14H28N2O2. The van der Waals surface area contributed by atoms with Crippen LogP contribution in [0.4, 0.5) is 0 Å². The minimum absolute atomic E-state index is 0.0308. The smallest absolute Gasteiger partial charge is 0.236 e. The van der Waals surface area contributed by atoms with E-state index in [2.05, 4.69) is 17.6 Å². The maximum absolute atomic E-state index is 11.8. The van der Waals surface area contributed by atoms with Crippen LogP contribution in [0, 0.1) is 5.92 Å². The lowest BCUT2D eigenvalue weighted by Gasteiger charge is -2.40. The van der Waals surface area contributed by atoms with E-state index in [4.69, 9.17) is 0 Å². The van der Waals surface area contributed by atoms with E-state index in [1.54, 1.807) is 0 Å². The van der Waals surface area contributed by atoms with E-state index in [1.807, 2.05) is 13.8 Å². The van der Waals surface area contributed by atoms with Gasteiger partial charge >= 0.3 is 0 Å². The third-order valence-corrected chi connectivity index (χ3v) is 4.00. The normalized spacial score (nSPS) is 29.9. The van der Waals surface area contributed by atoms with Crippen LogP contribution in [0.15, 0.2) is 0 Å². The number of carbonyl (C=O) groups is 1. The SMILES string of the molecule is CCCNC(=O)C(C)NC1(CO)CCC(C)CC1. The summed E-state index contributed by atoms with van der Waals surface area (Å²) in [5, 5.41) is 15.9. The lowest BCUT2D eigenvalue weighted by molar-refractivity contribution is -0.123. The van der Waals surface area contributed by atoms with E-state index in [-0.39, 0.29) is 24.1 Å². The number of carbonyl (C=O) groups excluding carboxylic acids is 1. The first-order chi connectivity index (χ1) is 8.53. The van der Waals surface area contributed by atoms with Crippen molar-refractivity contribution in [2.75, 3.05) is 13.2 Å². The van der Waals surface area contributed by atoms with Gasteiger partial charge in [-0.05, 0) is 44.9 Å². The summed E-state index contributed by atoms with van der Waals surface area (Å²) in [6.45, 7) is 6.99. The Bertz CT molecular complexity index is 261. The predicted octanol–water partition coefficient (Wildman–Crippen LogP) is 1.43. The van der Waals surface area contributed by atoms with Crippen molar-refractivity contribution in [2.24, 2.45) is 5.92 Å². The lowest BCUT2D eigenvalue weighted by Crippen LogP contribution is -2.57. The Morgan fingerprint density at radius 1 is 1.44 bits per heavy atom. The molecule has 0 radical (unpaired) electrons. The summed E-state index contributed by atoms with van der Waals surface area (Å²) >= 11 is 0. The van der Waals surface area contributed by atoms with E-state index in [1.165, 1.54) is 0 Å². The van der Waals surface area contributed by atoms with Crippen LogP contribution in [0.5, 0.6) is 0 Å². The maximum Gasteiger partial charge on any atom is 0.236 e. The third kappa shape index (κ3) is 4.25. The average Bonchev–Trinajstić information content (AvgIpc) is 2.38. The Labute approximate surface area is 111 Å². The van der Waals surface area contributed by atoms with Gasteiger partial charge in [0.05, 0.1) is 12.6 Å². The Kier molecular flexibility index (Phi) is 6.09. The molecule has 1 aliphatic rings. The molecule has 1 amide bonds. The van der Waals surface area contributed by atoms with Crippen molar-refractivity contribution in [1.29, 1.82) is 0 Å². The van der Waals surface area contributed by atoms with Crippen molar-refractivity contribution in [3.8, 4) is 0 Å². The lowest BCUT2D eigenvalue weighted by atomic mass is 9.77. The van der Waals surface area contributed by atoms with Crippen molar-refractivity contribution in [2.45, 2.75) is 64.5 Å². The monoisotopic (exact) mass is 256 g/mol. The maximum atomic E-state index is 11.8. The second-order valence-electron chi connectivity index (χ2n) is 5.78. The molecule has 1 rings (SSSR count). The molecule has 3 N–H and O–H groups in total. The van der Waals surface area contributed by atoms with Crippen LogP contribution >= 0.6 is 0 Å². The molecule has 0 aromatic rings. The van der Waals surface area contributed by atoms with Gasteiger partial charge in [0.2, 0.25) is 5.91 Å². The molecule has 0 heterocycles. The standard InChI is InChI=1S/C14H28N2O2/c1-4-9-15-13(18)12(3)16-14(10-17)7-5-11(2)6-8-14/h11-12,16-17H,4-10H2,1-3H3,(H,15,18). The first-order valence-corrected chi connectivity index (χ1v) is 7.19. The molecule has 1 saturated carbocycles. The first-order valence-electron chi connectivity index (χ1n) is 7.19. The Hall–Kier alpha value is -0.610. The summed E-state index contributed by atoms with van der Waals surface area (Å²) < 4.78 is 0. The third-order valence-electron chi connectivity index (χ3n) is 4.00. The fourth-order valence-corrected chi connectivity index (χ4v) is 2.59. The molecule has 0 spiro atoms. The molecule has 4 nitrogen and oxygen atoms in total. The molecular weight excluding hydrogens is 228 g/mol. The van der Waals surface area contributed by atoms with Gasteiger partial charge in [0.1, 0.15) is 0 Å². The van der Waals surface area contributed by atoms with Gasteiger partial charge in [0.15, 0.2) is 0 Å². The summed E-state index contributed by atoms with van der Waals surface area (Å²) in [5.74, 6) is 0.763. The fraction of sp³-hybridized carbons (Fsp3) is 0.929. The van der Waals surface area contributed by atoms with Gasteiger partial charge in [-0.2, -0.15) is 0 Å². The van der Waals surface area contributed by atoms with Crippen LogP contribution < -0.4 is 10.6 Å². The second kappa shape index (κ2) is 7.10. The Balaban J connectivity index is 2.49. The van der Waals surface area contributed by atoms with Crippen LogP contribution in [-0.4, -0.2) is 35.7 Å². The van der Waals surface area contributed by atoms with Gasteiger partial charge in [0.25, 0.3) is 0 Å². The Morgan fingerprint density at radius 3 is 2.56 bits per heavy atom. The van der Waals surface area contributed by atoms with Gasteiger partial charge in [-0.15, -0.1) is 0 Å². The average molecular weight is 256 g/mol. The van der Waals surface area contributed by atoms with Gasteiger partial charge in [-0.3, -0.25) is 10.1 Å². The molecule has 0 aliphatic heterocycles. The molecule has 1 atom stereocenters. The topological polar surface area (TPSA) is 61.4 Å². The number of hydrogen-bond donors (Lipinski definition) is 3. The van der Waals surface area contributed by atoms with Crippen LogP contribution in [-0.2, 0) is 4.79 Å². The fourth-order valence-electron chi connectivity index (χ4n) is 2.59. The summed E-state index contributed by atoms with van der Waals surface area (Å²) in [6.07, 6.45) is 5.10. The van der Waals surface area contributed by atoms with Crippen LogP contribution in [0.1, 0.15) is 52.9 Å². The highest BCUT2D eigenvalue weighted by molar-refractivity contribution is 5.81. The molecule has 0 bridgehead atoms. The van der Waals surface area contributed by atoms with E-state index >= 15 is 0 Å². The quantitative estimate of drug-likeness (QED) is 0.674. The second-order valence-corrected chi connectivity index (χ2v) is 5.78. The van der Waals surface area contributed by atoms with Crippen molar-refractivity contribution in [3.05, 3.63) is 0 Å². The molecule has 0 aromatic carbocycles. The van der Waals surface area contributed by atoms with Crippen molar-refractivity contribution in [3.63, 3.8) is 0 Å². The molecule has 106 valence electrons. The van der Waals surface area contributed by atoms with E-state index < -0.39 is 0 Å². The number of nitrogens with one attached hydrogen (secondary N) is 2. The van der Waals surface area contributed by atoms with Crippen molar-refractivity contribution < 1.29 is 9.90 Å². The van der Waals surface area contributed by atoms with Crippen LogP contribution in [0.2, 0.25) is 0 Å². The van der Waals surface area contributed by atoms with Gasteiger partial charge in [-0.25, -0.2) is 0 Å². The summed E-state index contributed by atoms with van der Waals surface area (Å²) in [4.78, 5) is 11.8. The number of aliphatic hydroxyl groups excluding tert-OH is 1. The minimum Gasteiger partial charge on any atom is -0.394 e. The zero-order valence-corrected chi connectivity index (χ0v) is 12.0. The summed E-state index contributed by atoms with van der Waals surface area (Å²) in [7, 11) is 0. The van der Waals surface area contributed by atoms with Gasteiger partial charge in [-0.1, -0.05) is 13.8 Å². The van der Waals surface area contributed by atoms with Crippen LogP contribution in [0.25, 0.3) is 0 Å². The molecule has 1 fully saturated rings. The number of amides is 1. The molecule has 4 heteroatoms. The summed E-state index contributed by atoms with van der Waals surface area (Å²) in [6, 6.07) is -0.239. The van der Waals surface area contributed by atoms with Crippen LogP contribution in [0.3, 0.4) is 0 Å². The zero-order valence-electron chi connectivity index (χ0n) is 12.0. The molecule has 18 heavy (non-hydrogen) atoms. The predicted molar refractivity (Wildman–Crippen MR) is 73.3 cm³/mol.